The first-order valence-electron chi connectivity index (χ1n) is 7.07. The minimum atomic E-state index is -0.228. The molecule has 0 radical (unpaired) electrons. The normalized spacial score (nSPS) is 16.3. The van der Waals surface area contributed by atoms with Crippen molar-refractivity contribution in [3.63, 3.8) is 0 Å². The van der Waals surface area contributed by atoms with Crippen LogP contribution in [0.1, 0.15) is 48.5 Å². The largest absolute Gasteiger partial charge is 0.384 e. The van der Waals surface area contributed by atoms with Gasteiger partial charge in [0.2, 0.25) is 0 Å². The summed E-state index contributed by atoms with van der Waals surface area (Å²) in [6.07, 6.45) is 8.03. The highest BCUT2D eigenvalue weighted by atomic mass is 16.2. The first-order valence-corrected chi connectivity index (χ1v) is 7.07. The molecule has 106 valence electrons. The molecule has 1 aliphatic carbocycles. The van der Waals surface area contributed by atoms with E-state index in [1.165, 1.54) is 25.7 Å². The van der Waals surface area contributed by atoms with Crippen LogP contribution in [0.25, 0.3) is 0 Å². The third-order valence-corrected chi connectivity index (χ3v) is 3.83. The Labute approximate surface area is 119 Å². The zero-order chi connectivity index (χ0) is 14.4. The summed E-state index contributed by atoms with van der Waals surface area (Å²) < 4.78 is 0. The molecule has 20 heavy (non-hydrogen) atoms. The molecule has 1 heterocycles. The predicted octanol–water partition coefficient (Wildman–Crippen LogP) is 1.73. The van der Waals surface area contributed by atoms with Crippen LogP contribution in [-0.4, -0.2) is 28.6 Å². The van der Waals surface area contributed by atoms with Crippen LogP contribution < -0.4 is 5.32 Å². The second-order valence-corrected chi connectivity index (χ2v) is 5.19. The molecule has 1 unspecified atom stereocenters. The van der Waals surface area contributed by atoms with Crippen molar-refractivity contribution in [2.24, 2.45) is 5.92 Å². The van der Waals surface area contributed by atoms with E-state index in [4.69, 9.17) is 5.11 Å². The molecule has 2 rings (SSSR count). The summed E-state index contributed by atoms with van der Waals surface area (Å²) in [5.41, 5.74) is 1.07. The Kier molecular flexibility index (Phi) is 5.14. The Morgan fingerprint density at radius 1 is 1.55 bits per heavy atom. The van der Waals surface area contributed by atoms with Gasteiger partial charge in [-0.2, -0.15) is 0 Å². The summed E-state index contributed by atoms with van der Waals surface area (Å²) >= 11 is 0. The van der Waals surface area contributed by atoms with Crippen LogP contribution in [0, 0.1) is 17.8 Å². The average Bonchev–Trinajstić information content (AvgIpc) is 2.99. The van der Waals surface area contributed by atoms with Gasteiger partial charge in [0, 0.05) is 18.4 Å². The molecule has 1 fully saturated rings. The van der Waals surface area contributed by atoms with Gasteiger partial charge in [-0.15, -0.1) is 0 Å². The van der Waals surface area contributed by atoms with Crippen molar-refractivity contribution in [3.05, 3.63) is 29.6 Å². The molecule has 1 aromatic rings. The van der Waals surface area contributed by atoms with Crippen molar-refractivity contribution in [1.82, 2.24) is 10.3 Å². The van der Waals surface area contributed by atoms with Gasteiger partial charge in [0.1, 0.15) is 6.61 Å². The van der Waals surface area contributed by atoms with E-state index in [-0.39, 0.29) is 18.6 Å². The van der Waals surface area contributed by atoms with Gasteiger partial charge in [-0.25, -0.2) is 0 Å². The molecule has 0 aliphatic heterocycles. The lowest BCUT2D eigenvalue weighted by Gasteiger charge is -2.20. The van der Waals surface area contributed by atoms with Gasteiger partial charge in [0.15, 0.2) is 0 Å². The number of aliphatic hydroxyl groups is 1. The lowest BCUT2D eigenvalue weighted by molar-refractivity contribution is 0.0927. The molecule has 1 aliphatic rings. The smallest absolute Gasteiger partial charge is 0.252 e. The standard InChI is InChI=1S/C16H20N2O2/c1-12(13-5-2-3-6-13)18-16(20)15-8-9-17-11-14(15)7-4-10-19/h8-9,11-13,19H,2-3,5-6,10H2,1H3,(H,18,20). The zero-order valence-electron chi connectivity index (χ0n) is 11.7. The third-order valence-electron chi connectivity index (χ3n) is 3.83. The number of amides is 1. The van der Waals surface area contributed by atoms with Crippen molar-refractivity contribution < 1.29 is 9.90 Å². The van der Waals surface area contributed by atoms with Gasteiger partial charge in [-0.3, -0.25) is 9.78 Å². The Morgan fingerprint density at radius 3 is 3.00 bits per heavy atom. The van der Waals surface area contributed by atoms with E-state index < -0.39 is 0 Å². The van der Waals surface area contributed by atoms with Crippen LogP contribution in [0.2, 0.25) is 0 Å². The number of carbonyl (C=O) groups excluding carboxylic acids is 1. The summed E-state index contributed by atoms with van der Waals surface area (Å²) in [5.74, 6) is 5.78. The molecule has 1 saturated carbocycles. The number of nitrogens with zero attached hydrogens (tertiary/aromatic N) is 1. The van der Waals surface area contributed by atoms with E-state index in [0.717, 1.165) is 0 Å². The fraction of sp³-hybridized carbons (Fsp3) is 0.500. The number of nitrogens with one attached hydrogen (secondary N) is 1. The van der Waals surface area contributed by atoms with Crippen molar-refractivity contribution in [2.45, 2.75) is 38.6 Å². The van der Waals surface area contributed by atoms with Gasteiger partial charge < -0.3 is 10.4 Å². The van der Waals surface area contributed by atoms with Crippen molar-refractivity contribution in [1.29, 1.82) is 0 Å². The van der Waals surface area contributed by atoms with E-state index >= 15 is 0 Å². The monoisotopic (exact) mass is 272 g/mol. The number of aliphatic hydroxyl groups excluding tert-OH is 1. The number of carbonyl (C=O) groups is 1. The molecule has 0 saturated heterocycles. The van der Waals surface area contributed by atoms with Crippen molar-refractivity contribution in [2.75, 3.05) is 6.61 Å². The fourth-order valence-electron chi connectivity index (χ4n) is 2.69. The first-order chi connectivity index (χ1) is 9.72. The van der Waals surface area contributed by atoms with Crippen molar-refractivity contribution in [3.8, 4) is 11.8 Å². The van der Waals surface area contributed by atoms with E-state index in [2.05, 4.69) is 29.1 Å². The van der Waals surface area contributed by atoms with E-state index in [1.807, 2.05) is 0 Å². The molecule has 0 aromatic carbocycles. The van der Waals surface area contributed by atoms with E-state index in [9.17, 15) is 4.79 Å². The zero-order valence-corrected chi connectivity index (χ0v) is 11.7. The topological polar surface area (TPSA) is 62.2 Å². The highest BCUT2D eigenvalue weighted by Gasteiger charge is 2.23. The van der Waals surface area contributed by atoms with Gasteiger partial charge >= 0.3 is 0 Å². The van der Waals surface area contributed by atoms with Crippen LogP contribution >= 0.6 is 0 Å². The fourth-order valence-corrected chi connectivity index (χ4v) is 2.69. The maximum Gasteiger partial charge on any atom is 0.252 e. The molecule has 1 atom stereocenters. The lowest BCUT2D eigenvalue weighted by atomic mass is 9.99. The van der Waals surface area contributed by atoms with Gasteiger partial charge in [-0.1, -0.05) is 24.7 Å². The second-order valence-electron chi connectivity index (χ2n) is 5.19. The highest BCUT2D eigenvalue weighted by molar-refractivity contribution is 5.96. The van der Waals surface area contributed by atoms with E-state index in [0.29, 0.717) is 17.0 Å². The number of pyridine rings is 1. The maximum absolute atomic E-state index is 12.3. The van der Waals surface area contributed by atoms with Crippen LogP contribution in [0.3, 0.4) is 0 Å². The van der Waals surface area contributed by atoms with Gasteiger partial charge in [0.05, 0.1) is 11.1 Å². The Hall–Kier alpha value is -1.86. The van der Waals surface area contributed by atoms with Crippen LogP contribution in [-0.2, 0) is 0 Å². The third kappa shape index (κ3) is 3.58. The van der Waals surface area contributed by atoms with Crippen LogP contribution in [0.4, 0.5) is 0 Å². The predicted molar refractivity (Wildman–Crippen MR) is 77.1 cm³/mol. The quantitative estimate of drug-likeness (QED) is 0.824. The minimum absolute atomic E-state index is 0.117. The maximum atomic E-state index is 12.3. The number of rotatable bonds is 3. The average molecular weight is 272 g/mol. The molecule has 1 aromatic heterocycles. The number of aromatic nitrogens is 1. The van der Waals surface area contributed by atoms with Crippen molar-refractivity contribution >= 4 is 5.91 Å². The molecule has 0 spiro atoms. The molecule has 2 N–H and O–H groups in total. The molecule has 1 amide bonds. The lowest BCUT2D eigenvalue weighted by Crippen LogP contribution is -2.37. The van der Waals surface area contributed by atoms with Crippen LogP contribution in [0.5, 0.6) is 0 Å². The first kappa shape index (κ1) is 14.5. The summed E-state index contributed by atoms with van der Waals surface area (Å²) in [6.45, 7) is 1.84. The van der Waals surface area contributed by atoms with E-state index in [1.54, 1.807) is 18.5 Å². The van der Waals surface area contributed by atoms with Gasteiger partial charge in [-0.05, 0) is 31.7 Å². The summed E-state index contributed by atoms with van der Waals surface area (Å²) in [5, 5.41) is 11.8. The molecular weight excluding hydrogens is 252 g/mol. The Bertz CT molecular complexity index is 525. The second kappa shape index (κ2) is 7.06. The molecule has 4 nitrogen and oxygen atoms in total. The SMILES string of the molecule is CC(NC(=O)c1ccncc1C#CCO)C1CCCC1. The minimum Gasteiger partial charge on any atom is -0.384 e. The van der Waals surface area contributed by atoms with Crippen LogP contribution in [0.15, 0.2) is 18.5 Å². The molecular formula is C16H20N2O2. The molecule has 4 heteroatoms. The summed E-state index contributed by atoms with van der Waals surface area (Å²) in [4.78, 5) is 16.3. The summed E-state index contributed by atoms with van der Waals surface area (Å²) in [6, 6.07) is 1.84. The highest BCUT2D eigenvalue weighted by Crippen LogP contribution is 2.27. The number of hydrogen-bond acceptors (Lipinski definition) is 3. The Morgan fingerprint density at radius 2 is 2.30 bits per heavy atom. The number of hydrogen-bond donors (Lipinski definition) is 2. The molecule has 0 bridgehead atoms. The Balaban J connectivity index is 2.08. The van der Waals surface area contributed by atoms with Gasteiger partial charge in [0.25, 0.3) is 5.91 Å². The summed E-state index contributed by atoms with van der Waals surface area (Å²) in [7, 11) is 0.